The maximum absolute atomic E-state index is 10.8. The molecule has 32 heavy (non-hydrogen) atoms. The molecule has 3 aliphatic carbocycles. The third-order valence-corrected chi connectivity index (χ3v) is 9.25. The van der Waals surface area contributed by atoms with Crippen molar-refractivity contribution < 1.29 is 19.0 Å². The van der Waals surface area contributed by atoms with Crippen LogP contribution in [0.2, 0.25) is 0 Å². The molecule has 1 spiro atoms. The zero-order valence-electron chi connectivity index (χ0n) is 18.3. The largest absolute Gasteiger partial charge is 0.504 e. The van der Waals surface area contributed by atoms with E-state index in [-0.39, 0.29) is 23.3 Å². The van der Waals surface area contributed by atoms with Crippen molar-refractivity contribution in [2.45, 2.75) is 55.3 Å². The first-order valence-corrected chi connectivity index (χ1v) is 12.0. The second-order valence-corrected chi connectivity index (χ2v) is 10.5. The quantitative estimate of drug-likeness (QED) is 0.665. The van der Waals surface area contributed by atoms with Gasteiger partial charge in [0, 0.05) is 42.6 Å². The summed E-state index contributed by atoms with van der Waals surface area (Å²) in [7, 11) is 1.89. The van der Waals surface area contributed by atoms with Crippen LogP contribution in [0.4, 0.5) is 0 Å². The summed E-state index contributed by atoms with van der Waals surface area (Å²) < 4.78 is 19.9. The van der Waals surface area contributed by atoms with Gasteiger partial charge in [-0.2, -0.15) is 0 Å². The van der Waals surface area contributed by atoms with Crippen molar-refractivity contribution in [1.29, 1.82) is 0 Å². The Labute approximate surface area is 186 Å². The molecule has 4 atom stereocenters. The lowest BCUT2D eigenvalue weighted by Crippen LogP contribution is -2.75. The molecule has 164 valence electrons. The number of fused-ring (bicyclic) bond motifs is 4. The van der Waals surface area contributed by atoms with Crippen LogP contribution >= 0.6 is 0 Å². The molecule has 8 rings (SSSR count). The molecular formula is C27H27NO4. The monoisotopic (exact) mass is 429 g/mol. The predicted octanol–water partition coefficient (Wildman–Crippen LogP) is 4.49. The summed E-state index contributed by atoms with van der Waals surface area (Å²) in [6.45, 7) is 2.20. The molecule has 1 N–H and O–H groups in total. The molecule has 2 aromatic carbocycles. The number of piperidine rings is 1. The van der Waals surface area contributed by atoms with E-state index >= 15 is 0 Å². The summed E-state index contributed by atoms with van der Waals surface area (Å²) in [6.07, 6.45) is 5.14. The van der Waals surface area contributed by atoms with Crippen LogP contribution in [0, 0.1) is 5.92 Å². The topological polar surface area (TPSA) is 55.1 Å². The Morgan fingerprint density at radius 3 is 2.91 bits per heavy atom. The van der Waals surface area contributed by atoms with E-state index in [1.165, 1.54) is 29.5 Å². The maximum atomic E-state index is 10.8. The molecule has 3 heterocycles. The first-order valence-electron chi connectivity index (χ1n) is 12.0. The number of benzene rings is 2. The minimum Gasteiger partial charge on any atom is -0.504 e. The van der Waals surface area contributed by atoms with Gasteiger partial charge in [-0.15, -0.1) is 0 Å². The van der Waals surface area contributed by atoms with Crippen molar-refractivity contribution in [1.82, 2.24) is 4.90 Å². The molecule has 2 fully saturated rings. The Morgan fingerprint density at radius 2 is 2.06 bits per heavy atom. The van der Waals surface area contributed by atoms with Gasteiger partial charge < -0.3 is 19.0 Å². The van der Waals surface area contributed by atoms with E-state index < -0.39 is 5.60 Å². The van der Waals surface area contributed by atoms with E-state index in [1.807, 2.05) is 25.3 Å². The average Bonchev–Trinajstić information content (AvgIpc) is 3.45. The Bertz CT molecular complexity index is 1290. The number of methoxy groups -OCH3 is 1. The van der Waals surface area contributed by atoms with Crippen molar-refractivity contribution in [2.24, 2.45) is 5.92 Å². The fraction of sp³-hybridized carbons (Fsp3) is 0.481. The molecule has 0 radical (unpaired) electrons. The number of likely N-dealkylation sites (tertiary alicyclic amines) is 1. The summed E-state index contributed by atoms with van der Waals surface area (Å²) in [5.74, 6) is 2.64. The van der Waals surface area contributed by atoms with Gasteiger partial charge in [0.05, 0.1) is 5.41 Å². The minimum absolute atomic E-state index is 0.231. The molecule has 1 saturated carbocycles. The molecule has 5 nitrogen and oxygen atoms in total. The average molecular weight is 430 g/mol. The lowest BCUT2D eigenvalue weighted by atomic mass is 9.49. The second kappa shape index (κ2) is 5.70. The number of furan rings is 1. The summed E-state index contributed by atoms with van der Waals surface area (Å²) in [5, 5.41) is 12.0. The summed E-state index contributed by atoms with van der Waals surface area (Å²) in [4.78, 5) is 2.71. The van der Waals surface area contributed by atoms with Crippen molar-refractivity contribution in [3.05, 3.63) is 58.8 Å². The highest BCUT2D eigenvalue weighted by Crippen LogP contribution is 2.70. The molecule has 1 saturated heterocycles. The Hall–Kier alpha value is -2.50. The second-order valence-electron chi connectivity index (χ2n) is 10.5. The fourth-order valence-corrected chi connectivity index (χ4v) is 7.78. The number of phenolic OH excluding ortho intramolecular Hbond substituents is 1. The molecule has 5 heteroatoms. The van der Waals surface area contributed by atoms with E-state index in [0.29, 0.717) is 5.75 Å². The number of hydrogen-bond acceptors (Lipinski definition) is 5. The van der Waals surface area contributed by atoms with Gasteiger partial charge in [0.15, 0.2) is 17.6 Å². The van der Waals surface area contributed by atoms with Crippen LogP contribution < -0.4 is 4.74 Å². The number of phenols is 1. The molecule has 0 unspecified atom stereocenters. The number of aromatic hydroxyl groups is 1. The number of rotatable bonds is 3. The summed E-state index contributed by atoms with van der Waals surface area (Å²) in [5.41, 5.74) is 3.87. The normalized spacial score (nSPS) is 34.3. The van der Waals surface area contributed by atoms with Crippen LogP contribution in [0.1, 0.15) is 47.8 Å². The van der Waals surface area contributed by atoms with Gasteiger partial charge >= 0.3 is 0 Å². The van der Waals surface area contributed by atoms with Crippen LogP contribution in [-0.4, -0.2) is 41.8 Å². The molecule has 3 aromatic rings. The van der Waals surface area contributed by atoms with E-state index in [1.54, 1.807) is 0 Å². The molecule has 0 amide bonds. The van der Waals surface area contributed by atoms with Crippen molar-refractivity contribution in [3.8, 4) is 11.5 Å². The Morgan fingerprint density at radius 1 is 1.19 bits per heavy atom. The Balaban J connectivity index is 1.44. The van der Waals surface area contributed by atoms with Crippen LogP contribution in [0.3, 0.4) is 0 Å². The molecular weight excluding hydrogens is 402 g/mol. The molecule has 2 bridgehead atoms. The zero-order valence-corrected chi connectivity index (χ0v) is 18.3. The van der Waals surface area contributed by atoms with Crippen LogP contribution in [0.25, 0.3) is 11.0 Å². The van der Waals surface area contributed by atoms with E-state index in [0.717, 1.165) is 55.0 Å². The highest BCUT2D eigenvalue weighted by Gasteiger charge is 2.74. The van der Waals surface area contributed by atoms with Gasteiger partial charge in [0.2, 0.25) is 0 Å². The van der Waals surface area contributed by atoms with Crippen molar-refractivity contribution in [3.63, 3.8) is 0 Å². The van der Waals surface area contributed by atoms with Crippen LogP contribution in [-0.2, 0) is 23.0 Å². The third kappa shape index (κ3) is 1.87. The van der Waals surface area contributed by atoms with Crippen LogP contribution in [0.5, 0.6) is 11.5 Å². The maximum Gasteiger partial charge on any atom is 0.169 e. The third-order valence-electron chi connectivity index (χ3n) is 9.25. The smallest absolute Gasteiger partial charge is 0.169 e. The van der Waals surface area contributed by atoms with Gasteiger partial charge in [-0.1, -0.05) is 24.3 Å². The molecule has 2 aliphatic heterocycles. The van der Waals surface area contributed by atoms with Gasteiger partial charge in [0.1, 0.15) is 16.9 Å². The standard InChI is InChI=1S/C27H27NO4/c1-30-27-13-18-17-4-2-3-5-20(17)31-23(18)25-26(27)10-11-28(14-15-6-7-15)21(27)12-16-8-9-19(29)24(32-25)22(16)26/h2-5,8-9,15,21,25,29H,6-7,10-14H2,1H3/t21-,25-,26-,27+/m0/s1. The highest BCUT2D eigenvalue weighted by atomic mass is 16.5. The van der Waals surface area contributed by atoms with Gasteiger partial charge in [0.25, 0.3) is 0 Å². The van der Waals surface area contributed by atoms with Crippen molar-refractivity contribution in [2.75, 3.05) is 20.2 Å². The molecule has 5 aliphatic rings. The zero-order chi connectivity index (χ0) is 21.2. The first kappa shape index (κ1) is 18.0. The van der Waals surface area contributed by atoms with Crippen molar-refractivity contribution >= 4 is 11.0 Å². The van der Waals surface area contributed by atoms with E-state index in [4.69, 9.17) is 13.9 Å². The number of para-hydroxylation sites is 1. The minimum atomic E-state index is -0.406. The summed E-state index contributed by atoms with van der Waals surface area (Å²) >= 11 is 0. The van der Waals surface area contributed by atoms with Gasteiger partial charge in [-0.3, -0.25) is 4.90 Å². The molecule has 1 aromatic heterocycles. The number of ether oxygens (including phenoxy) is 2. The van der Waals surface area contributed by atoms with Crippen LogP contribution in [0.15, 0.2) is 40.8 Å². The van der Waals surface area contributed by atoms with E-state index in [2.05, 4.69) is 23.1 Å². The lowest BCUT2D eigenvalue weighted by molar-refractivity contribution is -0.193. The lowest BCUT2D eigenvalue weighted by Gasteiger charge is -2.64. The number of hydrogen-bond donors (Lipinski definition) is 1. The number of nitrogens with zero attached hydrogens (tertiary/aromatic N) is 1. The fourth-order valence-electron chi connectivity index (χ4n) is 7.78. The SMILES string of the molecule is CO[C@@]12Cc3c(oc4ccccc34)[C@@H]3Oc4c(O)ccc5c4[C@@]31CCN(CC1CC1)[C@H]2C5. The first-order chi connectivity index (χ1) is 15.7. The van der Waals surface area contributed by atoms with Gasteiger partial charge in [-0.25, -0.2) is 0 Å². The van der Waals surface area contributed by atoms with E-state index in [9.17, 15) is 5.11 Å². The highest BCUT2D eigenvalue weighted by molar-refractivity contribution is 5.84. The predicted molar refractivity (Wildman–Crippen MR) is 119 cm³/mol. The summed E-state index contributed by atoms with van der Waals surface area (Å²) in [6, 6.07) is 12.5. The Kier molecular flexibility index (Phi) is 3.20. The van der Waals surface area contributed by atoms with Gasteiger partial charge in [-0.05, 0) is 55.8 Å².